The van der Waals surface area contributed by atoms with Crippen molar-refractivity contribution in [2.24, 2.45) is 5.73 Å². The first-order chi connectivity index (χ1) is 10.3. The lowest BCUT2D eigenvalue weighted by Gasteiger charge is -2.12. The molecular weight excluding hydrogens is 266 g/mol. The van der Waals surface area contributed by atoms with E-state index in [0.29, 0.717) is 6.54 Å². The fourth-order valence-corrected chi connectivity index (χ4v) is 2.72. The molecule has 0 aromatic heterocycles. The number of nitrogens with two attached hydrogens (primary N) is 1. The lowest BCUT2D eigenvalue weighted by atomic mass is 9.98. The number of hydrogen-bond acceptors (Lipinski definition) is 4. The van der Waals surface area contributed by atoms with Gasteiger partial charge in [-0.1, -0.05) is 6.07 Å². The molecule has 2 N–H and O–H groups in total. The van der Waals surface area contributed by atoms with Crippen molar-refractivity contribution in [3.05, 3.63) is 41.5 Å². The van der Waals surface area contributed by atoms with Gasteiger partial charge in [-0.05, 0) is 41.0 Å². The van der Waals surface area contributed by atoms with Gasteiger partial charge in [-0.2, -0.15) is 0 Å². The van der Waals surface area contributed by atoms with E-state index in [0.717, 1.165) is 47.0 Å². The van der Waals surface area contributed by atoms with Crippen LogP contribution in [0.2, 0.25) is 0 Å². The minimum atomic E-state index is 0.476. The molecule has 0 aliphatic carbocycles. The number of rotatable bonds is 4. The Balaban J connectivity index is 2.08. The average Bonchev–Trinajstić information content (AvgIpc) is 3.01. The van der Waals surface area contributed by atoms with Gasteiger partial charge in [0.25, 0.3) is 0 Å². The van der Waals surface area contributed by atoms with Crippen LogP contribution >= 0.6 is 0 Å². The highest BCUT2D eigenvalue weighted by atomic mass is 16.5. The van der Waals surface area contributed by atoms with Crippen molar-refractivity contribution >= 4 is 0 Å². The second kappa shape index (κ2) is 5.66. The lowest BCUT2D eigenvalue weighted by Crippen LogP contribution is -2.00. The largest absolute Gasteiger partial charge is 0.493 e. The highest BCUT2D eigenvalue weighted by molar-refractivity contribution is 5.70. The van der Waals surface area contributed by atoms with Crippen LogP contribution in [-0.2, 0) is 13.0 Å². The van der Waals surface area contributed by atoms with Crippen LogP contribution in [0.3, 0.4) is 0 Å². The monoisotopic (exact) mass is 285 g/mol. The van der Waals surface area contributed by atoms with E-state index in [4.69, 9.17) is 19.9 Å². The molecule has 0 saturated carbocycles. The highest BCUT2D eigenvalue weighted by Gasteiger charge is 2.18. The van der Waals surface area contributed by atoms with Crippen LogP contribution in [0.5, 0.6) is 17.2 Å². The molecule has 3 rings (SSSR count). The zero-order valence-corrected chi connectivity index (χ0v) is 12.3. The second-order valence-electron chi connectivity index (χ2n) is 5.00. The SMILES string of the molecule is COc1ccc(-c2cc(CN)c3c(c2)CCO3)cc1OC. The molecule has 4 nitrogen and oxygen atoms in total. The summed E-state index contributed by atoms with van der Waals surface area (Å²) < 4.78 is 16.3. The predicted molar refractivity (Wildman–Crippen MR) is 82.1 cm³/mol. The van der Waals surface area contributed by atoms with Gasteiger partial charge in [-0.25, -0.2) is 0 Å². The van der Waals surface area contributed by atoms with Crippen LogP contribution in [0.15, 0.2) is 30.3 Å². The fraction of sp³-hybridized carbons (Fsp3) is 0.294. The molecule has 1 heterocycles. The minimum absolute atomic E-state index is 0.476. The molecule has 0 atom stereocenters. The molecule has 0 saturated heterocycles. The van der Waals surface area contributed by atoms with E-state index in [9.17, 15) is 0 Å². The Kier molecular flexibility index (Phi) is 3.71. The van der Waals surface area contributed by atoms with Crippen LogP contribution in [0, 0.1) is 0 Å². The quantitative estimate of drug-likeness (QED) is 0.938. The van der Waals surface area contributed by atoms with Crippen molar-refractivity contribution in [2.45, 2.75) is 13.0 Å². The van der Waals surface area contributed by atoms with Crippen molar-refractivity contribution < 1.29 is 14.2 Å². The van der Waals surface area contributed by atoms with E-state index in [1.165, 1.54) is 5.56 Å². The predicted octanol–water partition coefficient (Wildman–Crippen LogP) is 2.76. The Hall–Kier alpha value is -2.20. The zero-order valence-electron chi connectivity index (χ0n) is 12.3. The van der Waals surface area contributed by atoms with Gasteiger partial charge in [-0.3, -0.25) is 0 Å². The van der Waals surface area contributed by atoms with E-state index >= 15 is 0 Å². The van der Waals surface area contributed by atoms with Gasteiger partial charge < -0.3 is 19.9 Å². The smallest absolute Gasteiger partial charge is 0.161 e. The van der Waals surface area contributed by atoms with E-state index in [-0.39, 0.29) is 0 Å². The third-order valence-electron chi connectivity index (χ3n) is 3.80. The summed E-state index contributed by atoms with van der Waals surface area (Å²) in [5, 5.41) is 0. The molecule has 4 heteroatoms. The van der Waals surface area contributed by atoms with Crippen molar-refractivity contribution in [3.63, 3.8) is 0 Å². The molecule has 2 aromatic rings. The molecule has 1 aliphatic heterocycles. The van der Waals surface area contributed by atoms with Crippen molar-refractivity contribution in [2.75, 3.05) is 20.8 Å². The van der Waals surface area contributed by atoms with Crippen molar-refractivity contribution in [1.29, 1.82) is 0 Å². The maximum absolute atomic E-state index is 5.85. The molecule has 0 radical (unpaired) electrons. The van der Waals surface area contributed by atoms with E-state index < -0.39 is 0 Å². The summed E-state index contributed by atoms with van der Waals surface area (Å²) in [6.07, 6.45) is 0.934. The summed E-state index contributed by atoms with van der Waals surface area (Å²) in [7, 11) is 3.28. The zero-order chi connectivity index (χ0) is 14.8. The summed E-state index contributed by atoms with van der Waals surface area (Å²) in [6, 6.07) is 10.2. The standard InChI is InChI=1S/C17H19NO3/c1-19-15-4-3-11(9-16(15)20-2)13-7-12-5-6-21-17(12)14(8-13)10-18/h3-4,7-9H,5-6,10,18H2,1-2H3. The Morgan fingerprint density at radius 1 is 1.05 bits per heavy atom. The van der Waals surface area contributed by atoms with Crippen LogP contribution in [0.4, 0.5) is 0 Å². The first-order valence-electron chi connectivity index (χ1n) is 6.98. The molecule has 110 valence electrons. The van der Waals surface area contributed by atoms with Crippen LogP contribution in [0.25, 0.3) is 11.1 Å². The third-order valence-corrected chi connectivity index (χ3v) is 3.80. The molecule has 0 bridgehead atoms. The Morgan fingerprint density at radius 3 is 2.57 bits per heavy atom. The first kappa shape index (κ1) is 13.8. The van der Waals surface area contributed by atoms with Gasteiger partial charge in [0, 0.05) is 18.5 Å². The number of benzene rings is 2. The molecule has 0 unspecified atom stereocenters. The molecule has 0 fully saturated rings. The second-order valence-corrected chi connectivity index (χ2v) is 5.00. The molecule has 1 aliphatic rings. The third kappa shape index (κ3) is 2.43. The molecule has 2 aromatic carbocycles. The molecule has 0 amide bonds. The first-order valence-corrected chi connectivity index (χ1v) is 6.98. The van der Waals surface area contributed by atoms with Crippen LogP contribution < -0.4 is 19.9 Å². The summed E-state index contributed by atoms with van der Waals surface area (Å²) in [5.74, 6) is 2.41. The van der Waals surface area contributed by atoms with Gasteiger partial charge in [0.1, 0.15) is 5.75 Å². The van der Waals surface area contributed by atoms with Gasteiger partial charge in [0.05, 0.1) is 20.8 Å². The topological polar surface area (TPSA) is 53.7 Å². The number of fused-ring (bicyclic) bond motifs is 1. The number of methoxy groups -OCH3 is 2. The van der Waals surface area contributed by atoms with Gasteiger partial charge in [0.15, 0.2) is 11.5 Å². The van der Waals surface area contributed by atoms with Crippen LogP contribution in [-0.4, -0.2) is 20.8 Å². The van der Waals surface area contributed by atoms with Crippen molar-refractivity contribution in [3.8, 4) is 28.4 Å². The van der Waals surface area contributed by atoms with Gasteiger partial charge in [0.2, 0.25) is 0 Å². The highest BCUT2D eigenvalue weighted by Crippen LogP contribution is 2.37. The lowest BCUT2D eigenvalue weighted by molar-refractivity contribution is 0.353. The summed E-state index contributed by atoms with van der Waals surface area (Å²) in [6.45, 7) is 1.21. The number of hydrogen-bond donors (Lipinski definition) is 1. The average molecular weight is 285 g/mol. The van der Waals surface area contributed by atoms with E-state index in [1.54, 1.807) is 14.2 Å². The molecule has 21 heavy (non-hydrogen) atoms. The summed E-state index contributed by atoms with van der Waals surface area (Å²) in [4.78, 5) is 0. The summed E-state index contributed by atoms with van der Waals surface area (Å²) in [5.41, 5.74) is 10.3. The Bertz CT molecular complexity index is 667. The van der Waals surface area contributed by atoms with Crippen molar-refractivity contribution in [1.82, 2.24) is 0 Å². The minimum Gasteiger partial charge on any atom is -0.493 e. The van der Waals surface area contributed by atoms with Crippen LogP contribution in [0.1, 0.15) is 11.1 Å². The van der Waals surface area contributed by atoms with E-state index in [1.807, 2.05) is 18.2 Å². The Morgan fingerprint density at radius 2 is 1.86 bits per heavy atom. The van der Waals surface area contributed by atoms with Gasteiger partial charge in [-0.15, -0.1) is 0 Å². The van der Waals surface area contributed by atoms with E-state index in [2.05, 4.69) is 12.1 Å². The Labute approximate surface area is 124 Å². The maximum Gasteiger partial charge on any atom is 0.161 e. The molecule has 0 spiro atoms. The van der Waals surface area contributed by atoms with Gasteiger partial charge >= 0.3 is 0 Å². The maximum atomic E-state index is 5.85. The molecular formula is C17H19NO3. The normalized spacial score (nSPS) is 12.7. The number of ether oxygens (including phenoxy) is 3. The summed E-state index contributed by atoms with van der Waals surface area (Å²) >= 11 is 0. The fourth-order valence-electron chi connectivity index (χ4n) is 2.72.